The van der Waals surface area contributed by atoms with Crippen LogP contribution in [-0.2, 0) is 14.3 Å². The van der Waals surface area contributed by atoms with Gasteiger partial charge in [0.1, 0.15) is 24.5 Å². The Balaban J connectivity index is 0.000000913. The lowest BCUT2D eigenvalue weighted by atomic mass is 10.2. The van der Waals surface area contributed by atoms with E-state index in [2.05, 4.69) is 20.9 Å². The summed E-state index contributed by atoms with van der Waals surface area (Å²) in [6.45, 7) is 3.33. The molecule has 3 aliphatic rings. The minimum Gasteiger partial charge on any atom is -0.443 e. The van der Waals surface area contributed by atoms with E-state index < -0.39 is 11.9 Å². The van der Waals surface area contributed by atoms with Crippen LogP contribution in [0.2, 0.25) is 0 Å². The van der Waals surface area contributed by atoms with Crippen molar-refractivity contribution in [3.05, 3.63) is 24.0 Å². The average molecular weight is 466 g/mol. The highest BCUT2D eigenvalue weighted by Crippen LogP contribution is 2.28. The second-order valence-electron chi connectivity index (χ2n) is 6.81. The zero-order valence-electron chi connectivity index (χ0n) is 17.7. The number of rotatable bonds is 4. The number of carbonyl (C=O) groups is 3. The molecule has 3 heterocycles. The van der Waals surface area contributed by atoms with E-state index in [1.165, 1.54) is 36.0 Å². The molecule has 1 aromatic rings. The van der Waals surface area contributed by atoms with E-state index in [1.807, 2.05) is 0 Å². The van der Waals surface area contributed by atoms with Crippen LogP contribution < -0.4 is 20.5 Å². The predicted molar refractivity (Wildman–Crippen MR) is 120 cm³/mol. The van der Waals surface area contributed by atoms with Gasteiger partial charge in [-0.3, -0.25) is 9.69 Å². The number of amides is 2. The number of cyclic esters (lactones) is 1. The highest BCUT2D eigenvalue weighted by molar-refractivity contribution is 8.14. The molecular weight excluding hydrogens is 441 g/mol. The van der Waals surface area contributed by atoms with E-state index in [0.717, 1.165) is 6.29 Å². The van der Waals surface area contributed by atoms with Crippen LogP contribution in [0.15, 0.2) is 28.4 Å². The number of aldehydes is 1. The number of benzene rings is 1. The van der Waals surface area contributed by atoms with Crippen LogP contribution in [-0.4, -0.2) is 79.9 Å². The summed E-state index contributed by atoms with van der Waals surface area (Å²) in [5.41, 5.74) is 3.24. The Morgan fingerprint density at radius 2 is 2.16 bits per heavy atom. The third-order valence-electron chi connectivity index (χ3n) is 4.57. The molecule has 0 radical (unpaired) electrons. The number of ether oxygens (including phenoxy) is 1. The number of thioether (sulfide) groups is 1. The smallest absolute Gasteiger partial charge is 0.414 e. The van der Waals surface area contributed by atoms with Crippen molar-refractivity contribution in [3.8, 4) is 0 Å². The summed E-state index contributed by atoms with van der Waals surface area (Å²) < 4.78 is 20.0. The summed E-state index contributed by atoms with van der Waals surface area (Å²) in [4.78, 5) is 35.1. The largest absolute Gasteiger partial charge is 0.443 e. The highest BCUT2D eigenvalue weighted by Gasteiger charge is 2.32. The Labute approximate surface area is 188 Å². The van der Waals surface area contributed by atoms with Crippen LogP contribution >= 0.6 is 11.8 Å². The molecule has 32 heavy (non-hydrogen) atoms. The number of halogens is 1. The van der Waals surface area contributed by atoms with Gasteiger partial charge in [0.2, 0.25) is 5.17 Å². The molecule has 1 unspecified atom stereocenters. The average Bonchev–Trinajstić information content (AvgIpc) is 3.15. The van der Waals surface area contributed by atoms with E-state index >= 15 is 0 Å². The summed E-state index contributed by atoms with van der Waals surface area (Å²) in [5.74, 6) is -0.315. The van der Waals surface area contributed by atoms with Gasteiger partial charge in [-0.1, -0.05) is 11.8 Å². The minimum absolute atomic E-state index is 0.150. The SMILES string of the molecule is CC=O.CNCC1CN(c2ccc(N3C=NN(C4=NNC(=O)CS4)CC3)c(F)c2)C(=O)O1. The maximum Gasteiger partial charge on any atom is 0.414 e. The molecule has 0 saturated carbocycles. The van der Waals surface area contributed by atoms with Crippen LogP contribution in [0, 0.1) is 5.82 Å². The molecule has 13 heteroatoms. The lowest BCUT2D eigenvalue weighted by Crippen LogP contribution is -2.42. The van der Waals surface area contributed by atoms with Gasteiger partial charge in [0, 0.05) is 13.1 Å². The van der Waals surface area contributed by atoms with Crippen molar-refractivity contribution in [3.63, 3.8) is 0 Å². The number of hydrazone groups is 2. The number of amidine groups is 1. The molecule has 4 rings (SSSR count). The normalized spacial score (nSPS) is 20.3. The molecule has 2 amide bonds. The molecule has 1 fully saturated rings. The van der Waals surface area contributed by atoms with Crippen molar-refractivity contribution < 1.29 is 23.5 Å². The number of hydrogen-bond acceptors (Lipinski definition) is 10. The Bertz CT molecular complexity index is 929. The zero-order chi connectivity index (χ0) is 23.1. The van der Waals surface area contributed by atoms with E-state index in [1.54, 1.807) is 29.1 Å². The molecule has 1 saturated heterocycles. The van der Waals surface area contributed by atoms with Gasteiger partial charge in [0.05, 0.1) is 30.2 Å². The molecule has 0 aliphatic carbocycles. The van der Waals surface area contributed by atoms with Crippen molar-refractivity contribution in [2.75, 3.05) is 48.8 Å². The Kier molecular flexibility index (Phi) is 8.00. The van der Waals surface area contributed by atoms with Crippen LogP contribution in [0.3, 0.4) is 0 Å². The third-order valence-corrected chi connectivity index (χ3v) is 5.54. The summed E-state index contributed by atoms with van der Waals surface area (Å²) in [7, 11) is 1.78. The number of nitrogens with zero attached hydrogens (tertiary/aromatic N) is 5. The fourth-order valence-corrected chi connectivity index (χ4v) is 3.89. The Morgan fingerprint density at radius 1 is 1.38 bits per heavy atom. The molecule has 2 N–H and O–H groups in total. The van der Waals surface area contributed by atoms with E-state index in [-0.39, 0.29) is 12.0 Å². The molecule has 11 nitrogen and oxygen atoms in total. The maximum atomic E-state index is 14.8. The Hall–Kier alpha value is -3.19. The molecular formula is C19H24FN7O4S. The quantitative estimate of drug-likeness (QED) is 0.626. The third kappa shape index (κ3) is 5.53. The monoisotopic (exact) mass is 465 g/mol. The molecule has 1 atom stereocenters. The van der Waals surface area contributed by atoms with E-state index in [9.17, 15) is 14.0 Å². The summed E-state index contributed by atoms with van der Waals surface area (Å²) >= 11 is 1.30. The summed E-state index contributed by atoms with van der Waals surface area (Å²) in [5, 5.41) is 13.5. The number of likely N-dealkylation sites (N-methyl/N-ethyl adjacent to an activating group) is 1. The zero-order valence-corrected chi connectivity index (χ0v) is 18.5. The number of hydrogen-bond donors (Lipinski definition) is 2. The van der Waals surface area contributed by atoms with Gasteiger partial charge in [-0.15, -0.1) is 5.10 Å². The van der Waals surface area contributed by atoms with Gasteiger partial charge in [-0.2, -0.15) is 5.10 Å². The van der Waals surface area contributed by atoms with Gasteiger partial charge in [-0.05, 0) is 32.2 Å². The van der Waals surface area contributed by atoms with Crippen molar-refractivity contribution in [1.82, 2.24) is 15.8 Å². The van der Waals surface area contributed by atoms with Gasteiger partial charge in [0.15, 0.2) is 0 Å². The molecule has 3 aliphatic heterocycles. The predicted octanol–water partition coefficient (Wildman–Crippen LogP) is 0.775. The first kappa shape index (κ1) is 23.5. The van der Waals surface area contributed by atoms with Crippen molar-refractivity contribution >= 4 is 52.9 Å². The lowest BCUT2D eigenvalue weighted by Gasteiger charge is -2.31. The lowest BCUT2D eigenvalue weighted by molar-refractivity contribution is -0.118. The number of anilines is 2. The first-order chi connectivity index (χ1) is 15.5. The van der Waals surface area contributed by atoms with Crippen LogP contribution in [0.1, 0.15) is 6.92 Å². The second-order valence-corrected chi connectivity index (χ2v) is 7.75. The molecule has 0 spiro atoms. The highest BCUT2D eigenvalue weighted by atomic mass is 32.2. The van der Waals surface area contributed by atoms with Crippen LogP contribution in [0.25, 0.3) is 0 Å². The Morgan fingerprint density at radius 3 is 2.75 bits per heavy atom. The molecule has 0 aromatic heterocycles. The molecule has 1 aromatic carbocycles. The topological polar surface area (TPSA) is 119 Å². The van der Waals surface area contributed by atoms with Gasteiger partial charge >= 0.3 is 6.09 Å². The maximum absolute atomic E-state index is 14.8. The summed E-state index contributed by atoms with van der Waals surface area (Å²) in [6.07, 6.45) is 1.53. The first-order valence-corrected chi connectivity index (χ1v) is 10.8. The van der Waals surface area contributed by atoms with Crippen molar-refractivity contribution in [2.45, 2.75) is 13.0 Å². The minimum atomic E-state index is -0.481. The number of carbonyl (C=O) groups excluding carboxylic acids is 3. The standard InChI is InChI=1S/C17H20FN7O3S.C2H4O/c1-19-7-12-8-24(17(27)28-12)11-2-3-14(13(18)6-11)23-4-5-25(20-10-23)16-22-21-15(26)9-29-16;1-2-3/h2-3,6,10,12,19H,4-5,7-9H2,1H3,(H,21,26);2H,1H3. The van der Waals surface area contributed by atoms with Crippen LogP contribution in [0.5, 0.6) is 0 Å². The van der Waals surface area contributed by atoms with E-state index in [0.29, 0.717) is 48.5 Å². The molecule has 172 valence electrons. The van der Waals surface area contributed by atoms with E-state index in [4.69, 9.17) is 9.53 Å². The fraction of sp³-hybridized carbons (Fsp3) is 0.421. The van der Waals surface area contributed by atoms with Gasteiger partial charge in [0.25, 0.3) is 5.91 Å². The molecule has 0 bridgehead atoms. The van der Waals surface area contributed by atoms with Gasteiger partial charge in [-0.25, -0.2) is 19.6 Å². The second kappa shape index (κ2) is 10.9. The summed E-state index contributed by atoms with van der Waals surface area (Å²) in [6, 6.07) is 4.64. The number of nitrogens with one attached hydrogen (secondary N) is 2. The van der Waals surface area contributed by atoms with Gasteiger partial charge < -0.3 is 19.7 Å². The van der Waals surface area contributed by atoms with Crippen molar-refractivity contribution in [1.29, 1.82) is 0 Å². The first-order valence-electron chi connectivity index (χ1n) is 9.86. The van der Waals surface area contributed by atoms with Crippen LogP contribution in [0.4, 0.5) is 20.6 Å². The fourth-order valence-electron chi connectivity index (χ4n) is 3.17. The van der Waals surface area contributed by atoms with Crippen molar-refractivity contribution in [2.24, 2.45) is 10.2 Å².